The largest absolute Gasteiger partial charge is 0.478 e. The average molecular weight is 194 g/mol. The van der Waals surface area contributed by atoms with E-state index in [1.165, 1.54) is 6.07 Å². The molecule has 0 atom stereocenters. The van der Waals surface area contributed by atoms with Crippen LogP contribution in [0.25, 0.3) is 0 Å². The summed E-state index contributed by atoms with van der Waals surface area (Å²) in [6, 6.07) is 4.15. The number of carboxylic acid groups (broad SMARTS) is 1. The smallest absolute Gasteiger partial charge is 0.335 e. The van der Waals surface area contributed by atoms with E-state index >= 15 is 0 Å². The fraction of sp³-hybridized carbons (Fsp3) is 0.364. The number of benzene rings is 1. The van der Waals surface area contributed by atoms with E-state index in [1.54, 1.807) is 6.07 Å². The second kappa shape index (κ2) is 2.80. The standard InChI is InChI=1S/C11H11FO2/c1-11(4-5-11)8-3-2-7(10(13)14)6-9(8)12/h2-3,6H,4-5H2,1H3,(H,13,14). The van der Waals surface area contributed by atoms with Crippen LogP contribution in [-0.2, 0) is 5.41 Å². The molecule has 1 aliphatic carbocycles. The second-order valence-corrected chi connectivity index (χ2v) is 4.06. The Morgan fingerprint density at radius 1 is 1.50 bits per heavy atom. The van der Waals surface area contributed by atoms with Gasteiger partial charge in [0.1, 0.15) is 5.82 Å². The molecule has 0 spiro atoms. The van der Waals surface area contributed by atoms with Gasteiger partial charge in [0.2, 0.25) is 0 Å². The Balaban J connectivity index is 2.41. The minimum absolute atomic E-state index is 0.00972. The first-order valence-electron chi connectivity index (χ1n) is 4.56. The first-order valence-corrected chi connectivity index (χ1v) is 4.56. The summed E-state index contributed by atoms with van der Waals surface area (Å²) in [6.45, 7) is 1.99. The zero-order valence-electron chi connectivity index (χ0n) is 7.88. The molecule has 14 heavy (non-hydrogen) atoms. The van der Waals surface area contributed by atoms with Crippen LogP contribution < -0.4 is 0 Å². The monoisotopic (exact) mass is 194 g/mol. The van der Waals surface area contributed by atoms with Gasteiger partial charge in [-0.15, -0.1) is 0 Å². The van der Waals surface area contributed by atoms with Gasteiger partial charge in [0, 0.05) is 0 Å². The van der Waals surface area contributed by atoms with E-state index < -0.39 is 11.8 Å². The minimum atomic E-state index is -1.09. The van der Waals surface area contributed by atoms with Gasteiger partial charge in [0.25, 0.3) is 0 Å². The zero-order chi connectivity index (χ0) is 10.3. The van der Waals surface area contributed by atoms with Crippen LogP contribution in [0.15, 0.2) is 18.2 Å². The fourth-order valence-electron chi connectivity index (χ4n) is 1.59. The molecule has 0 unspecified atom stereocenters. The average Bonchev–Trinajstić information content (AvgIpc) is 2.84. The van der Waals surface area contributed by atoms with Crippen LogP contribution in [0.4, 0.5) is 4.39 Å². The molecule has 1 fully saturated rings. The number of hydrogen-bond donors (Lipinski definition) is 1. The number of carboxylic acids is 1. The summed E-state index contributed by atoms with van der Waals surface area (Å²) in [4.78, 5) is 10.6. The van der Waals surface area contributed by atoms with Crippen LogP contribution in [0.1, 0.15) is 35.7 Å². The van der Waals surface area contributed by atoms with Gasteiger partial charge >= 0.3 is 5.97 Å². The van der Waals surface area contributed by atoms with Crippen molar-refractivity contribution in [1.82, 2.24) is 0 Å². The van der Waals surface area contributed by atoms with Gasteiger partial charge in [0.15, 0.2) is 0 Å². The quantitative estimate of drug-likeness (QED) is 0.785. The lowest BCUT2D eigenvalue weighted by Crippen LogP contribution is -2.05. The van der Waals surface area contributed by atoms with Crippen LogP contribution in [-0.4, -0.2) is 11.1 Å². The highest BCUT2D eigenvalue weighted by molar-refractivity contribution is 5.87. The number of carbonyl (C=O) groups is 1. The van der Waals surface area contributed by atoms with Crippen molar-refractivity contribution in [1.29, 1.82) is 0 Å². The minimum Gasteiger partial charge on any atom is -0.478 e. The third kappa shape index (κ3) is 1.39. The Morgan fingerprint density at radius 2 is 2.14 bits per heavy atom. The molecule has 1 saturated carbocycles. The highest BCUT2D eigenvalue weighted by Crippen LogP contribution is 2.48. The Labute approximate surface area is 81.4 Å². The van der Waals surface area contributed by atoms with Crippen LogP contribution >= 0.6 is 0 Å². The van der Waals surface area contributed by atoms with Gasteiger partial charge in [-0.2, -0.15) is 0 Å². The van der Waals surface area contributed by atoms with E-state index in [1.807, 2.05) is 6.92 Å². The van der Waals surface area contributed by atoms with Crippen molar-refractivity contribution in [3.8, 4) is 0 Å². The molecule has 0 saturated heterocycles. The molecule has 1 N–H and O–H groups in total. The van der Waals surface area contributed by atoms with Crippen molar-refractivity contribution in [2.45, 2.75) is 25.2 Å². The van der Waals surface area contributed by atoms with E-state index in [0.29, 0.717) is 5.56 Å². The zero-order valence-corrected chi connectivity index (χ0v) is 7.88. The molecule has 0 amide bonds. The first kappa shape index (κ1) is 9.19. The third-order valence-corrected chi connectivity index (χ3v) is 2.87. The maximum Gasteiger partial charge on any atom is 0.335 e. The number of rotatable bonds is 2. The molecule has 0 heterocycles. The molecular formula is C11H11FO2. The van der Waals surface area contributed by atoms with Gasteiger partial charge < -0.3 is 5.11 Å². The van der Waals surface area contributed by atoms with Crippen molar-refractivity contribution in [2.75, 3.05) is 0 Å². The summed E-state index contributed by atoms with van der Waals surface area (Å²) in [6.07, 6.45) is 1.96. The number of aromatic carboxylic acids is 1. The number of hydrogen-bond acceptors (Lipinski definition) is 1. The van der Waals surface area contributed by atoms with E-state index in [0.717, 1.165) is 18.9 Å². The maximum absolute atomic E-state index is 13.5. The van der Waals surface area contributed by atoms with E-state index in [2.05, 4.69) is 0 Å². The molecule has 1 aromatic carbocycles. The summed E-state index contributed by atoms with van der Waals surface area (Å²) in [7, 11) is 0. The van der Waals surface area contributed by atoms with Crippen LogP contribution in [0.2, 0.25) is 0 Å². The van der Waals surface area contributed by atoms with Crippen LogP contribution in [0, 0.1) is 5.82 Å². The molecule has 2 nitrogen and oxygen atoms in total. The lowest BCUT2D eigenvalue weighted by Gasteiger charge is -2.10. The normalized spacial score (nSPS) is 17.9. The van der Waals surface area contributed by atoms with Gasteiger partial charge in [-0.25, -0.2) is 9.18 Å². The first-order chi connectivity index (χ1) is 6.53. The SMILES string of the molecule is CC1(c2ccc(C(=O)O)cc2F)CC1. The lowest BCUT2D eigenvalue weighted by atomic mass is 9.96. The fourth-order valence-corrected chi connectivity index (χ4v) is 1.59. The predicted molar refractivity (Wildman–Crippen MR) is 49.9 cm³/mol. The Hall–Kier alpha value is -1.38. The van der Waals surface area contributed by atoms with Crippen LogP contribution in [0.5, 0.6) is 0 Å². The van der Waals surface area contributed by atoms with E-state index in [4.69, 9.17) is 5.11 Å². The molecule has 1 aliphatic rings. The van der Waals surface area contributed by atoms with Crippen molar-refractivity contribution < 1.29 is 14.3 Å². The molecule has 0 bridgehead atoms. The molecular weight excluding hydrogens is 183 g/mol. The maximum atomic E-state index is 13.5. The summed E-state index contributed by atoms with van der Waals surface area (Å²) >= 11 is 0. The van der Waals surface area contributed by atoms with Crippen molar-refractivity contribution in [3.05, 3.63) is 35.1 Å². The summed E-state index contributed by atoms with van der Waals surface area (Å²) < 4.78 is 13.5. The molecule has 0 radical (unpaired) electrons. The van der Waals surface area contributed by atoms with Crippen LogP contribution in [0.3, 0.4) is 0 Å². The molecule has 3 heteroatoms. The topological polar surface area (TPSA) is 37.3 Å². The molecule has 74 valence electrons. The lowest BCUT2D eigenvalue weighted by molar-refractivity contribution is 0.0696. The van der Waals surface area contributed by atoms with E-state index in [-0.39, 0.29) is 11.0 Å². The van der Waals surface area contributed by atoms with Crippen molar-refractivity contribution in [2.24, 2.45) is 0 Å². The Kier molecular flexibility index (Phi) is 1.84. The van der Waals surface area contributed by atoms with Gasteiger partial charge in [-0.1, -0.05) is 13.0 Å². The van der Waals surface area contributed by atoms with Gasteiger partial charge in [-0.05, 0) is 36.0 Å². The summed E-state index contributed by atoms with van der Waals surface area (Å²) in [5.74, 6) is -1.48. The molecule has 2 rings (SSSR count). The Bertz CT molecular complexity index is 394. The second-order valence-electron chi connectivity index (χ2n) is 4.06. The number of halogens is 1. The summed E-state index contributed by atoms with van der Waals surface area (Å²) in [5.41, 5.74) is 0.596. The van der Waals surface area contributed by atoms with E-state index in [9.17, 15) is 9.18 Å². The van der Waals surface area contributed by atoms with Crippen molar-refractivity contribution in [3.63, 3.8) is 0 Å². The van der Waals surface area contributed by atoms with Gasteiger partial charge in [-0.3, -0.25) is 0 Å². The predicted octanol–water partition coefficient (Wildman–Crippen LogP) is 2.58. The molecule has 0 aliphatic heterocycles. The molecule has 1 aromatic rings. The van der Waals surface area contributed by atoms with Gasteiger partial charge in [0.05, 0.1) is 5.56 Å². The summed E-state index contributed by atoms with van der Waals surface area (Å²) in [5, 5.41) is 8.65. The third-order valence-electron chi connectivity index (χ3n) is 2.87. The Morgan fingerprint density at radius 3 is 2.57 bits per heavy atom. The van der Waals surface area contributed by atoms with Crippen molar-refractivity contribution >= 4 is 5.97 Å². The molecule has 0 aromatic heterocycles. The highest BCUT2D eigenvalue weighted by atomic mass is 19.1. The highest BCUT2D eigenvalue weighted by Gasteiger charge is 2.41.